The van der Waals surface area contributed by atoms with Crippen LogP contribution < -0.4 is 10.6 Å². The first-order valence-corrected chi connectivity index (χ1v) is 8.41. The van der Waals surface area contributed by atoms with Gasteiger partial charge in [-0.05, 0) is 42.2 Å². The predicted molar refractivity (Wildman–Crippen MR) is 101 cm³/mol. The molecule has 0 aliphatic rings. The summed E-state index contributed by atoms with van der Waals surface area (Å²) in [6, 6.07) is 15.1. The van der Waals surface area contributed by atoms with Crippen molar-refractivity contribution in [1.29, 1.82) is 5.26 Å². The quantitative estimate of drug-likeness (QED) is 0.599. The van der Waals surface area contributed by atoms with E-state index in [2.05, 4.69) is 17.6 Å². The summed E-state index contributed by atoms with van der Waals surface area (Å²) in [6.07, 6.45) is 2.32. The molecule has 2 N–H and O–H groups in total. The minimum Gasteiger partial charge on any atom is -0.360 e. The van der Waals surface area contributed by atoms with Gasteiger partial charge in [-0.2, -0.15) is 5.26 Å². The second kappa shape index (κ2) is 8.91. The largest absolute Gasteiger partial charge is 0.360 e. The summed E-state index contributed by atoms with van der Waals surface area (Å²) in [5, 5.41) is 15.8. The Labute approximate surface area is 153 Å². The highest BCUT2D eigenvalue weighted by Crippen LogP contribution is 2.21. The van der Waals surface area contributed by atoms with Gasteiger partial charge >= 0.3 is 0 Å². The Morgan fingerprint density at radius 2 is 1.96 bits per heavy atom. The minimum atomic E-state index is -0.420. The zero-order valence-electron chi connectivity index (χ0n) is 14.3. The van der Waals surface area contributed by atoms with Gasteiger partial charge in [0.2, 0.25) is 0 Å². The minimum absolute atomic E-state index is 0.0271. The summed E-state index contributed by atoms with van der Waals surface area (Å²) in [7, 11) is 0. The number of aryl methyl sites for hydroxylation is 2. The number of hydrogen-bond acceptors (Lipinski definition) is 3. The molecule has 4 nitrogen and oxygen atoms in total. The number of hydrogen-bond donors (Lipinski definition) is 2. The molecule has 0 saturated carbocycles. The molecule has 0 saturated heterocycles. The van der Waals surface area contributed by atoms with Crippen molar-refractivity contribution in [3.05, 3.63) is 76.0 Å². The van der Waals surface area contributed by atoms with E-state index in [1.807, 2.05) is 43.3 Å². The molecule has 2 aromatic rings. The van der Waals surface area contributed by atoms with Crippen LogP contribution in [0.3, 0.4) is 0 Å². The molecule has 5 heteroatoms. The third-order valence-corrected chi connectivity index (χ3v) is 4.08. The Morgan fingerprint density at radius 3 is 2.60 bits per heavy atom. The monoisotopic (exact) mass is 353 g/mol. The number of anilines is 1. The molecule has 0 spiro atoms. The molecular formula is C20H20ClN3O. The number of rotatable bonds is 6. The van der Waals surface area contributed by atoms with Gasteiger partial charge in [-0.1, -0.05) is 48.9 Å². The van der Waals surface area contributed by atoms with Crippen LogP contribution in [-0.2, 0) is 17.8 Å². The summed E-state index contributed by atoms with van der Waals surface area (Å²) >= 11 is 5.84. The third kappa shape index (κ3) is 5.10. The van der Waals surface area contributed by atoms with E-state index in [0.29, 0.717) is 11.6 Å². The average Bonchev–Trinajstić information content (AvgIpc) is 2.62. The van der Waals surface area contributed by atoms with Crippen LogP contribution in [0.2, 0.25) is 5.02 Å². The maximum absolute atomic E-state index is 12.2. The molecule has 0 heterocycles. The van der Waals surface area contributed by atoms with Crippen LogP contribution in [0.4, 0.5) is 5.69 Å². The van der Waals surface area contributed by atoms with Crippen molar-refractivity contribution in [3.8, 4) is 6.07 Å². The van der Waals surface area contributed by atoms with E-state index in [9.17, 15) is 10.1 Å². The second-order valence-corrected chi connectivity index (χ2v) is 6.02. The molecule has 0 unspecified atom stereocenters. The summed E-state index contributed by atoms with van der Waals surface area (Å²) in [5.41, 5.74) is 4.07. The lowest BCUT2D eigenvalue weighted by atomic mass is 10.1. The highest BCUT2D eigenvalue weighted by atomic mass is 35.5. The van der Waals surface area contributed by atoms with Crippen molar-refractivity contribution in [2.24, 2.45) is 0 Å². The Kier molecular flexibility index (Phi) is 6.62. The van der Waals surface area contributed by atoms with Crippen LogP contribution in [0.1, 0.15) is 23.6 Å². The van der Waals surface area contributed by atoms with Gasteiger partial charge in [0.25, 0.3) is 5.91 Å². The lowest BCUT2D eigenvalue weighted by Gasteiger charge is -2.11. The standard InChI is InChI=1S/C20H20ClN3O/c1-3-16-6-4-5-14(2)19(16)23-13-17(11-22)20(25)24-12-15-7-9-18(21)10-8-15/h4-10,13,23H,3,12H2,1-2H3,(H,24,25)/b17-13-. The van der Waals surface area contributed by atoms with Crippen molar-refractivity contribution < 1.29 is 4.79 Å². The van der Waals surface area contributed by atoms with E-state index in [-0.39, 0.29) is 5.57 Å². The molecule has 2 rings (SSSR count). The van der Waals surface area contributed by atoms with Crippen molar-refractivity contribution in [2.75, 3.05) is 5.32 Å². The van der Waals surface area contributed by atoms with Crippen LogP contribution in [0, 0.1) is 18.3 Å². The zero-order valence-corrected chi connectivity index (χ0v) is 15.0. The molecule has 0 aliphatic heterocycles. The van der Waals surface area contributed by atoms with E-state index < -0.39 is 5.91 Å². The lowest BCUT2D eigenvalue weighted by molar-refractivity contribution is -0.117. The van der Waals surface area contributed by atoms with Gasteiger partial charge < -0.3 is 10.6 Å². The maximum Gasteiger partial charge on any atom is 0.263 e. The first kappa shape index (κ1) is 18.6. The summed E-state index contributed by atoms with van der Waals surface area (Å²) in [4.78, 5) is 12.2. The molecule has 0 fully saturated rings. The van der Waals surface area contributed by atoms with Crippen molar-refractivity contribution in [3.63, 3.8) is 0 Å². The van der Waals surface area contributed by atoms with Gasteiger partial charge in [0.1, 0.15) is 11.6 Å². The molecule has 0 bridgehead atoms. The van der Waals surface area contributed by atoms with Crippen LogP contribution >= 0.6 is 11.6 Å². The first-order valence-electron chi connectivity index (χ1n) is 8.03. The fourth-order valence-electron chi connectivity index (χ4n) is 2.40. The van der Waals surface area contributed by atoms with E-state index in [4.69, 9.17) is 11.6 Å². The van der Waals surface area contributed by atoms with Crippen LogP contribution in [0.5, 0.6) is 0 Å². The second-order valence-electron chi connectivity index (χ2n) is 5.59. The van der Waals surface area contributed by atoms with E-state index in [1.54, 1.807) is 12.1 Å². The number of amides is 1. The highest BCUT2D eigenvalue weighted by Gasteiger charge is 2.09. The molecule has 128 valence electrons. The highest BCUT2D eigenvalue weighted by molar-refractivity contribution is 6.30. The summed E-state index contributed by atoms with van der Waals surface area (Å²) in [5.74, 6) is -0.420. The van der Waals surface area contributed by atoms with Crippen LogP contribution in [-0.4, -0.2) is 5.91 Å². The SMILES string of the molecule is CCc1cccc(C)c1N/C=C(/C#N)C(=O)NCc1ccc(Cl)cc1. The number of nitrogens with zero attached hydrogens (tertiary/aromatic N) is 1. The van der Waals surface area contributed by atoms with Crippen molar-refractivity contribution in [2.45, 2.75) is 26.8 Å². The zero-order chi connectivity index (χ0) is 18.2. The van der Waals surface area contributed by atoms with Crippen LogP contribution in [0.25, 0.3) is 0 Å². The van der Waals surface area contributed by atoms with E-state index in [0.717, 1.165) is 28.8 Å². The molecule has 1 amide bonds. The summed E-state index contributed by atoms with van der Waals surface area (Å²) < 4.78 is 0. The number of benzene rings is 2. The topological polar surface area (TPSA) is 64.9 Å². The molecule has 25 heavy (non-hydrogen) atoms. The number of carbonyl (C=O) groups excluding carboxylic acids is 1. The van der Waals surface area contributed by atoms with Gasteiger partial charge in [-0.15, -0.1) is 0 Å². The molecule has 0 aromatic heterocycles. The van der Waals surface area contributed by atoms with Gasteiger partial charge in [-0.25, -0.2) is 0 Å². The smallest absolute Gasteiger partial charge is 0.263 e. The van der Waals surface area contributed by atoms with Gasteiger partial charge in [-0.3, -0.25) is 4.79 Å². The number of halogens is 1. The fourth-order valence-corrected chi connectivity index (χ4v) is 2.53. The maximum atomic E-state index is 12.2. The molecule has 0 aliphatic carbocycles. The molecule has 0 atom stereocenters. The van der Waals surface area contributed by atoms with Gasteiger partial charge in [0, 0.05) is 23.5 Å². The first-order chi connectivity index (χ1) is 12.0. The Morgan fingerprint density at radius 1 is 1.24 bits per heavy atom. The Bertz CT molecular complexity index is 820. The number of para-hydroxylation sites is 1. The molecular weight excluding hydrogens is 334 g/mol. The number of carbonyl (C=O) groups is 1. The Hall–Kier alpha value is -2.77. The molecule has 2 aromatic carbocycles. The normalized spacial score (nSPS) is 10.9. The predicted octanol–water partition coefficient (Wildman–Crippen LogP) is 4.35. The average molecular weight is 354 g/mol. The van der Waals surface area contributed by atoms with E-state index >= 15 is 0 Å². The number of nitrogens with one attached hydrogen (secondary N) is 2. The van der Waals surface area contributed by atoms with Gasteiger partial charge in [0.05, 0.1) is 0 Å². The van der Waals surface area contributed by atoms with Crippen LogP contribution in [0.15, 0.2) is 54.2 Å². The summed E-state index contributed by atoms with van der Waals surface area (Å²) in [6.45, 7) is 4.38. The Balaban J connectivity index is 2.06. The number of nitriles is 1. The third-order valence-electron chi connectivity index (χ3n) is 3.83. The van der Waals surface area contributed by atoms with E-state index in [1.165, 1.54) is 6.20 Å². The van der Waals surface area contributed by atoms with Crippen molar-refractivity contribution >= 4 is 23.2 Å². The molecule has 0 radical (unpaired) electrons. The van der Waals surface area contributed by atoms with Crippen molar-refractivity contribution in [1.82, 2.24) is 5.32 Å². The lowest BCUT2D eigenvalue weighted by Crippen LogP contribution is -2.24. The fraction of sp³-hybridized carbons (Fsp3) is 0.200. The van der Waals surface area contributed by atoms with Gasteiger partial charge in [0.15, 0.2) is 0 Å².